The van der Waals surface area contributed by atoms with Gasteiger partial charge in [-0.1, -0.05) is 0 Å². The average Bonchev–Trinajstić information content (AvgIpc) is 3.35. The Morgan fingerprint density at radius 1 is 0.552 bits per heavy atom. The van der Waals surface area contributed by atoms with E-state index in [9.17, 15) is 17.6 Å². The number of nitrogens with zero attached hydrogens (tertiary/aromatic N) is 2. The zero-order valence-electron chi connectivity index (χ0n) is 14.6. The third-order valence-electron chi connectivity index (χ3n) is 4.16. The molecule has 0 bridgehead atoms. The van der Waals surface area contributed by atoms with Gasteiger partial charge in [-0.25, -0.2) is 0 Å². The van der Waals surface area contributed by atoms with Crippen molar-refractivity contribution in [3.8, 4) is 11.4 Å². The van der Waals surface area contributed by atoms with Crippen molar-refractivity contribution >= 4 is 7.74 Å². The molecule has 4 aromatic rings. The topological polar surface area (TPSA) is 9.86 Å². The molecule has 0 saturated carbocycles. The molecule has 4 rings (SSSR count). The molecule has 9 heteroatoms. The normalized spacial score (nSPS) is 10.1. The molecule has 0 amide bonds. The zero-order chi connectivity index (χ0) is 19.0. The number of hydrogen-bond donors (Lipinski definition) is 0. The Morgan fingerprint density at radius 3 is 1.24 bits per heavy atom. The van der Waals surface area contributed by atoms with E-state index in [1.807, 2.05) is 0 Å². The summed E-state index contributed by atoms with van der Waals surface area (Å²) >= 11 is -1.94. The molecule has 2 aromatic carbocycles. The van der Waals surface area contributed by atoms with E-state index in [4.69, 9.17) is 0 Å². The second kappa shape index (κ2) is 9.68. The Morgan fingerprint density at radius 2 is 0.897 bits per heavy atom. The summed E-state index contributed by atoms with van der Waals surface area (Å²) in [5.74, 6) is -3.19. The SMILES string of the molecule is Fc1ccc(-n2cccc2)c(F)[c]1[Ti+2][c]1c(F)ccc(-n2cccc2)c1F.[Cl-].[Cl-]. The van der Waals surface area contributed by atoms with Crippen LogP contribution in [0.25, 0.3) is 11.4 Å². The molecule has 2 nitrogen and oxygen atoms in total. The quantitative estimate of drug-likeness (QED) is 0.236. The van der Waals surface area contributed by atoms with Crippen molar-refractivity contribution in [2.24, 2.45) is 0 Å². The first-order chi connectivity index (χ1) is 13.1. The van der Waals surface area contributed by atoms with Gasteiger partial charge in [0.2, 0.25) is 0 Å². The van der Waals surface area contributed by atoms with Crippen molar-refractivity contribution < 1.29 is 61.5 Å². The summed E-state index contributed by atoms with van der Waals surface area (Å²) in [6.07, 6.45) is 6.48. The van der Waals surface area contributed by atoms with E-state index in [0.717, 1.165) is 12.1 Å². The fourth-order valence-corrected chi connectivity index (χ4v) is 4.59. The molecule has 0 atom stereocenters. The van der Waals surface area contributed by atoms with Gasteiger partial charge in [0.25, 0.3) is 0 Å². The number of aromatic nitrogens is 2. The van der Waals surface area contributed by atoms with Crippen LogP contribution in [0.15, 0.2) is 73.3 Å². The van der Waals surface area contributed by atoms with E-state index >= 15 is 0 Å². The number of hydrogen-bond acceptors (Lipinski definition) is 0. The van der Waals surface area contributed by atoms with Gasteiger partial charge in [-0.05, 0) is 0 Å². The Labute approximate surface area is 185 Å². The van der Waals surface area contributed by atoms with Gasteiger partial charge in [0, 0.05) is 0 Å². The van der Waals surface area contributed by atoms with Crippen LogP contribution in [0, 0.1) is 23.3 Å². The van der Waals surface area contributed by atoms with Crippen LogP contribution in [-0.4, -0.2) is 9.13 Å². The Balaban J connectivity index is 0.00000150. The number of benzene rings is 2. The van der Waals surface area contributed by atoms with Gasteiger partial charge in [-0.2, -0.15) is 0 Å². The van der Waals surface area contributed by atoms with Crippen LogP contribution in [0.1, 0.15) is 0 Å². The first-order valence-electron chi connectivity index (χ1n) is 8.06. The molecule has 0 N–H and O–H groups in total. The third-order valence-corrected chi connectivity index (χ3v) is 6.37. The smallest absolute Gasteiger partial charge is 1.00 e. The summed E-state index contributed by atoms with van der Waals surface area (Å²) in [4.78, 5) is 0. The predicted octanol–water partition coefficient (Wildman–Crippen LogP) is -2.13. The van der Waals surface area contributed by atoms with Gasteiger partial charge >= 0.3 is 162 Å². The van der Waals surface area contributed by atoms with Crippen LogP contribution >= 0.6 is 0 Å². The first kappa shape index (κ1) is 23.3. The van der Waals surface area contributed by atoms with E-state index < -0.39 is 42.4 Å². The molecular weight excluding hydrogens is 463 g/mol. The monoisotopic (exact) mass is 474 g/mol. The molecule has 0 fully saturated rings. The molecule has 0 saturated heterocycles. The largest absolute Gasteiger partial charge is 1.00 e. The third kappa shape index (κ3) is 4.46. The maximum atomic E-state index is 14.9. The van der Waals surface area contributed by atoms with Crippen molar-refractivity contribution in [3.63, 3.8) is 0 Å². The summed E-state index contributed by atoms with van der Waals surface area (Å²) in [7, 11) is 0. The Bertz CT molecular complexity index is 1010. The second-order valence-corrected chi connectivity index (χ2v) is 7.77. The summed E-state index contributed by atoms with van der Waals surface area (Å²) in [5, 5.41) is 0. The minimum Gasteiger partial charge on any atom is -1.00 e. The minimum atomic E-state index is -1.94. The molecule has 2 aromatic heterocycles. The molecular formula is C20H12Cl2F4N2Ti. The number of halogens is 6. The van der Waals surface area contributed by atoms with Crippen LogP contribution in [0.3, 0.4) is 0 Å². The summed E-state index contributed by atoms with van der Waals surface area (Å²) < 4.78 is 61.0. The van der Waals surface area contributed by atoms with Crippen LogP contribution in [0.5, 0.6) is 0 Å². The molecule has 29 heavy (non-hydrogen) atoms. The molecule has 0 radical (unpaired) electrons. The molecule has 148 valence electrons. The van der Waals surface area contributed by atoms with Gasteiger partial charge in [-0.3, -0.25) is 0 Å². The zero-order valence-corrected chi connectivity index (χ0v) is 17.7. The van der Waals surface area contributed by atoms with Crippen molar-refractivity contribution in [1.82, 2.24) is 9.13 Å². The van der Waals surface area contributed by atoms with Crippen LogP contribution in [0.4, 0.5) is 17.6 Å². The van der Waals surface area contributed by atoms with Gasteiger partial charge in [-0.15, -0.1) is 0 Å². The van der Waals surface area contributed by atoms with Gasteiger partial charge in [0.1, 0.15) is 0 Å². The predicted molar refractivity (Wildman–Crippen MR) is 90.6 cm³/mol. The molecule has 0 aliphatic heterocycles. The summed E-state index contributed by atoms with van der Waals surface area (Å²) in [6, 6.07) is 11.7. The fourth-order valence-electron chi connectivity index (χ4n) is 2.83. The second-order valence-electron chi connectivity index (χ2n) is 5.82. The Hall–Kier alpha value is -1.99. The molecule has 0 unspecified atom stereocenters. The maximum absolute atomic E-state index is 14.9. The maximum Gasteiger partial charge on any atom is -1.00 e. The fraction of sp³-hybridized carbons (Fsp3) is 0. The van der Waals surface area contributed by atoms with E-state index in [2.05, 4.69) is 0 Å². The van der Waals surface area contributed by atoms with Crippen LogP contribution in [0.2, 0.25) is 0 Å². The van der Waals surface area contributed by atoms with E-state index in [-0.39, 0.29) is 43.9 Å². The van der Waals surface area contributed by atoms with E-state index in [1.165, 1.54) is 21.3 Å². The molecule has 0 aliphatic rings. The van der Waals surface area contributed by atoms with Crippen LogP contribution in [-0.2, 0) is 19.2 Å². The first-order valence-corrected chi connectivity index (χ1v) is 9.62. The van der Waals surface area contributed by atoms with Crippen molar-refractivity contribution in [3.05, 3.63) is 96.6 Å². The standard InChI is InChI=1S/2C10H6F2N.2ClH.Ti/c2*11-8-3-4-10(9(12)7-8)13-5-1-2-6-13;;;/h2*1-6H;2*1H;/q;;;;+2/p-2. The van der Waals surface area contributed by atoms with Crippen molar-refractivity contribution in [2.45, 2.75) is 0 Å². The molecule has 2 heterocycles. The van der Waals surface area contributed by atoms with Crippen LogP contribution < -0.4 is 32.6 Å². The van der Waals surface area contributed by atoms with Gasteiger partial charge in [0.05, 0.1) is 0 Å². The van der Waals surface area contributed by atoms with Gasteiger partial charge < -0.3 is 24.8 Å². The van der Waals surface area contributed by atoms with Crippen molar-refractivity contribution in [2.75, 3.05) is 0 Å². The summed E-state index contributed by atoms with van der Waals surface area (Å²) in [5.41, 5.74) is 0.282. The summed E-state index contributed by atoms with van der Waals surface area (Å²) in [6.45, 7) is 0. The van der Waals surface area contributed by atoms with E-state index in [1.54, 1.807) is 49.1 Å². The average molecular weight is 475 g/mol. The number of rotatable bonds is 4. The molecule has 0 spiro atoms. The van der Waals surface area contributed by atoms with Gasteiger partial charge in [0.15, 0.2) is 0 Å². The van der Waals surface area contributed by atoms with E-state index in [0.29, 0.717) is 0 Å². The minimum absolute atomic E-state index is 0. The Kier molecular flexibility index (Phi) is 7.77. The molecule has 0 aliphatic carbocycles. The van der Waals surface area contributed by atoms with Crippen molar-refractivity contribution in [1.29, 1.82) is 0 Å².